The van der Waals surface area contributed by atoms with Gasteiger partial charge in [0.1, 0.15) is 5.69 Å². The second kappa shape index (κ2) is 6.03. The summed E-state index contributed by atoms with van der Waals surface area (Å²) in [6, 6.07) is 1.62. The number of hydrogen-bond donors (Lipinski definition) is 2. The van der Waals surface area contributed by atoms with Crippen LogP contribution in [0.25, 0.3) is 0 Å². The first-order chi connectivity index (χ1) is 8.06. The van der Waals surface area contributed by atoms with Crippen LogP contribution in [0.1, 0.15) is 30.8 Å². The number of carboxylic acids is 1. The Balaban J connectivity index is 2.57. The van der Waals surface area contributed by atoms with Crippen molar-refractivity contribution in [1.82, 2.24) is 15.1 Å². The maximum absolute atomic E-state index is 11.8. The van der Waals surface area contributed by atoms with Gasteiger partial charge in [-0.05, 0) is 12.5 Å². The molecule has 1 rings (SSSR count). The predicted molar refractivity (Wildman–Crippen MR) is 61.7 cm³/mol. The summed E-state index contributed by atoms with van der Waals surface area (Å²) in [5.74, 6) is -1.81. The maximum atomic E-state index is 11.8. The number of amides is 1. The number of carboxylic acid groups (broad SMARTS) is 1. The Morgan fingerprint density at radius 3 is 2.88 bits per heavy atom. The van der Waals surface area contributed by atoms with Crippen LogP contribution in [0.3, 0.4) is 0 Å². The molecule has 1 aromatic heterocycles. The quantitative estimate of drug-likeness (QED) is 0.767. The molecule has 6 nitrogen and oxygen atoms in total. The molecule has 6 heteroatoms. The highest BCUT2D eigenvalue weighted by Gasteiger charge is 2.15. The molecule has 0 aliphatic carbocycles. The first-order valence-corrected chi connectivity index (χ1v) is 5.59. The third-order valence-corrected chi connectivity index (χ3v) is 2.37. The Hall–Kier alpha value is -1.85. The van der Waals surface area contributed by atoms with Crippen molar-refractivity contribution >= 4 is 11.9 Å². The SMILES string of the molecule is CCCn1nccc1C(=O)NCC(C)C(=O)O. The first kappa shape index (κ1) is 13.2. The minimum absolute atomic E-state index is 0.117. The van der Waals surface area contributed by atoms with E-state index in [4.69, 9.17) is 5.11 Å². The summed E-state index contributed by atoms with van der Waals surface area (Å²) in [5.41, 5.74) is 0.462. The van der Waals surface area contributed by atoms with Crippen LogP contribution in [0.4, 0.5) is 0 Å². The summed E-state index contributed by atoms with van der Waals surface area (Å²) in [6.07, 6.45) is 2.44. The Bertz CT molecular complexity index is 400. The van der Waals surface area contributed by atoms with Crippen molar-refractivity contribution in [2.75, 3.05) is 6.54 Å². The van der Waals surface area contributed by atoms with Crippen molar-refractivity contribution in [3.8, 4) is 0 Å². The molecular formula is C11H17N3O3. The molecule has 1 heterocycles. The fourth-order valence-electron chi connectivity index (χ4n) is 1.34. The molecule has 0 saturated heterocycles. The number of nitrogens with one attached hydrogen (secondary N) is 1. The molecule has 1 atom stereocenters. The summed E-state index contributed by atoms with van der Waals surface area (Å²) in [4.78, 5) is 22.4. The van der Waals surface area contributed by atoms with E-state index in [9.17, 15) is 9.59 Å². The summed E-state index contributed by atoms with van der Waals surface area (Å²) >= 11 is 0. The van der Waals surface area contributed by atoms with Crippen molar-refractivity contribution in [1.29, 1.82) is 0 Å². The van der Waals surface area contributed by atoms with E-state index < -0.39 is 11.9 Å². The van der Waals surface area contributed by atoms with Crippen LogP contribution in [0.2, 0.25) is 0 Å². The molecule has 0 spiro atoms. The number of carbonyl (C=O) groups is 2. The summed E-state index contributed by atoms with van der Waals surface area (Å²) in [7, 11) is 0. The molecule has 0 bridgehead atoms. The highest BCUT2D eigenvalue weighted by Crippen LogP contribution is 2.01. The number of aliphatic carboxylic acids is 1. The predicted octanol–water partition coefficient (Wildman–Crippen LogP) is 0.744. The van der Waals surface area contributed by atoms with E-state index in [1.54, 1.807) is 23.9 Å². The average molecular weight is 239 g/mol. The number of nitrogens with zero attached hydrogens (tertiary/aromatic N) is 2. The van der Waals surface area contributed by atoms with Crippen LogP contribution in [0.15, 0.2) is 12.3 Å². The van der Waals surface area contributed by atoms with E-state index in [1.807, 2.05) is 6.92 Å². The van der Waals surface area contributed by atoms with Crippen molar-refractivity contribution in [3.05, 3.63) is 18.0 Å². The molecular weight excluding hydrogens is 222 g/mol. The third-order valence-electron chi connectivity index (χ3n) is 2.37. The molecule has 1 unspecified atom stereocenters. The molecule has 0 aromatic carbocycles. The Labute approximate surface area is 99.6 Å². The van der Waals surface area contributed by atoms with E-state index in [2.05, 4.69) is 10.4 Å². The van der Waals surface area contributed by atoms with Gasteiger partial charge in [0, 0.05) is 19.3 Å². The highest BCUT2D eigenvalue weighted by molar-refractivity contribution is 5.92. The van der Waals surface area contributed by atoms with Crippen molar-refractivity contribution < 1.29 is 14.7 Å². The van der Waals surface area contributed by atoms with Gasteiger partial charge < -0.3 is 10.4 Å². The van der Waals surface area contributed by atoms with Crippen molar-refractivity contribution in [3.63, 3.8) is 0 Å². The molecule has 0 aliphatic rings. The smallest absolute Gasteiger partial charge is 0.308 e. The van der Waals surface area contributed by atoms with Crippen LogP contribution < -0.4 is 5.32 Å². The van der Waals surface area contributed by atoms with Gasteiger partial charge >= 0.3 is 5.97 Å². The van der Waals surface area contributed by atoms with Crippen LogP contribution in [-0.2, 0) is 11.3 Å². The van der Waals surface area contributed by atoms with Crippen molar-refractivity contribution in [2.24, 2.45) is 5.92 Å². The van der Waals surface area contributed by atoms with Crippen LogP contribution in [0, 0.1) is 5.92 Å². The molecule has 0 aliphatic heterocycles. The molecule has 1 amide bonds. The van der Waals surface area contributed by atoms with Gasteiger partial charge in [-0.15, -0.1) is 0 Å². The number of carbonyl (C=O) groups excluding carboxylic acids is 1. The van der Waals surface area contributed by atoms with Gasteiger partial charge in [0.2, 0.25) is 0 Å². The van der Waals surface area contributed by atoms with E-state index in [0.717, 1.165) is 6.42 Å². The van der Waals surface area contributed by atoms with Gasteiger partial charge in [-0.3, -0.25) is 14.3 Å². The zero-order valence-corrected chi connectivity index (χ0v) is 10.0. The standard InChI is InChI=1S/C11H17N3O3/c1-3-6-14-9(4-5-13-14)10(15)12-7-8(2)11(16)17/h4-5,8H,3,6-7H2,1-2H3,(H,12,15)(H,16,17). The maximum Gasteiger partial charge on any atom is 0.308 e. The largest absolute Gasteiger partial charge is 0.481 e. The molecule has 17 heavy (non-hydrogen) atoms. The van der Waals surface area contributed by atoms with E-state index >= 15 is 0 Å². The van der Waals surface area contributed by atoms with E-state index in [-0.39, 0.29) is 12.5 Å². The molecule has 94 valence electrons. The summed E-state index contributed by atoms with van der Waals surface area (Å²) in [6.45, 7) is 4.33. The fraction of sp³-hybridized carbons (Fsp3) is 0.545. The van der Waals surface area contributed by atoms with Gasteiger partial charge in [-0.1, -0.05) is 13.8 Å². The zero-order chi connectivity index (χ0) is 12.8. The Kier molecular flexibility index (Phi) is 4.68. The molecule has 0 radical (unpaired) electrons. The van der Waals surface area contributed by atoms with Gasteiger partial charge in [0.15, 0.2) is 0 Å². The van der Waals surface area contributed by atoms with Gasteiger partial charge in [0.05, 0.1) is 5.92 Å². The van der Waals surface area contributed by atoms with Crippen LogP contribution in [-0.4, -0.2) is 33.3 Å². The lowest BCUT2D eigenvalue weighted by molar-refractivity contribution is -0.140. The normalized spacial score (nSPS) is 12.1. The van der Waals surface area contributed by atoms with Gasteiger partial charge in [0.25, 0.3) is 5.91 Å². The second-order valence-electron chi connectivity index (χ2n) is 3.89. The number of aryl methyl sites for hydroxylation is 1. The highest BCUT2D eigenvalue weighted by atomic mass is 16.4. The average Bonchev–Trinajstić information content (AvgIpc) is 2.74. The minimum Gasteiger partial charge on any atom is -0.481 e. The minimum atomic E-state index is -0.924. The van der Waals surface area contributed by atoms with Gasteiger partial charge in [-0.25, -0.2) is 0 Å². The zero-order valence-electron chi connectivity index (χ0n) is 10.0. The lowest BCUT2D eigenvalue weighted by Gasteiger charge is -2.09. The first-order valence-electron chi connectivity index (χ1n) is 5.59. The Morgan fingerprint density at radius 2 is 2.29 bits per heavy atom. The molecule has 0 saturated carbocycles. The molecule has 2 N–H and O–H groups in total. The van der Waals surface area contributed by atoms with Crippen molar-refractivity contribution in [2.45, 2.75) is 26.8 Å². The fourth-order valence-corrected chi connectivity index (χ4v) is 1.34. The monoisotopic (exact) mass is 239 g/mol. The van der Waals surface area contributed by atoms with Crippen LogP contribution in [0.5, 0.6) is 0 Å². The van der Waals surface area contributed by atoms with E-state index in [1.165, 1.54) is 0 Å². The molecule has 1 aromatic rings. The number of rotatable bonds is 6. The second-order valence-corrected chi connectivity index (χ2v) is 3.89. The lowest BCUT2D eigenvalue weighted by Crippen LogP contribution is -2.32. The lowest BCUT2D eigenvalue weighted by atomic mass is 10.2. The number of hydrogen-bond acceptors (Lipinski definition) is 3. The number of aromatic nitrogens is 2. The molecule has 0 fully saturated rings. The topological polar surface area (TPSA) is 84.2 Å². The summed E-state index contributed by atoms with van der Waals surface area (Å²) in [5, 5.41) is 15.3. The third kappa shape index (κ3) is 3.58. The van der Waals surface area contributed by atoms with Crippen LogP contribution >= 0.6 is 0 Å². The van der Waals surface area contributed by atoms with E-state index in [0.29, 0.717) is 12.2 Å². The van der Waals surface area contributed by atoms with Gasteiger partial charge in [-0.2, -0.15) is 5.10 Å². The Morgan fingerprint density at radius 1 is 1.59 bits per heavy atom. The summed E-state index contributed by atoms with van der Waals surface area (Å²) < 4.78 is 1.61.